The summed E-state index contributed by atoms with van der Waals surface area (Å²) in [5.74, 6) is -0.0620. The van der Waals surface area contributed by atoms with Gasteiger partial charge < -0.3 is 10.3 Å². The highest BCUT2D eigenvalue weighted by atomic mass is 19.4. The summed E-state index contributed by atoms with van der Waals surface area (Å²) in [5.41, 5.74) is 1.38. The molecule has 1 aliphatic heterocycles. The normalized spacial score (nSPS) is 20.3. The zero-order valence-electron chi connectivity index (χ0n) is 10.6. The number of alkyl halides is 3. The number of rotatable bonds is 1. The van der Waals surface area contributed by atoms with Gasteiger partial charge in [0, 0.05) is 23.4 Å². The zero-order valence-corrected chi connectivity index (χ0v) is 10.6. The predicted octanol–water partition coefficient (Wildman–Crippen LogP) is 3.57. The van der Waals surface area contributed by atoms with Crippen LogP contribution in [-0.4, -0.2) is 18.1 Å². The van der Waals surface area contributed by atoms with Crippen LogP contribution in [0.4, 0.5) is 13.2 Å². The monoisotopic (exact) mass is 268 g/mol. The maximum atomic E-state index is 13.2. The van der Waals surface area contributed by atoms with Crippen LogP contribution in [0.1, 0.15) is 29.2 Å². The van der Waals surface area contributed by atoms with Gasteiger partial charge in [-0.15, -0.1) is 0 Å². The lowest BCUT2D eigenvalue weighted by atomic mass is 9.94. The second-order valence-corrected chi connectivity index (χ2v) is 5.15. The van der Waals surface area contributed by atoms with Gasteiger partial charge in [0.2, 0.25) is 0 Å². The van der Waals surface area contributed by atoms with Crippen LogP contribution >= 0.6 is 0 Å². The molecule has 1 fully saturated rings. The number of aromatic nitrogens is 1. The van der Waals surface area contributed by atoms with Crippen LogP contribution in [0, 0.1) is 6.92 Å². The first-order valence-corrected chi connectivity index (χ1v) is 6.37. The molecule has 1 unspecified atom stereocenters. The van der Waals surface area contributed by atoms with Crippen LogP contribution in [-0.2, 0) is 6.18 Å². The average Bonchev–Trinajstić information content (AvgIpc) is 2.91. The SMILES string of the molecule is Cc1ccc2c(C3CCNC3)c(C(F)(F)F)[nH]c2c1. The third kappa shape index (κ3) is 2.12. The molecule has 5 heteroatoms. The number of hydrogen-bond donors (Lipinski definition) is 2. The molecule has 2 aromatic rings. The molecule has 1 aliphatic rings. The summed E-state index contributed by atoms with van der Waals surface area (Å²) >= 11 is 0. The molecular weight excluding hydrogens is 253 g/mol. The van der Waals surface area contributed by atoms with E-state index >= 15 is 0 Å². The van der Waals surface area contributed by atoms with Gasteiger partial charge in [-0.05, 0) is 37.1 Å². The van der Waals surface area contributed by atoms with E-state index in [-0.39, 0.29) is 5.92 Å². The number of aryl methyl sites for hydroxylation is 1. The second kappa shape index (κ2) is 4.27. The number of halogens is 3. The van der Waals surface area contributed by atoms with Crippen molar-refractivity contribution in [2.75, 3.05) is 13.1 Å². The first-order chi connectivity index (χ1) is 8.97. The van der Waals surface area contributed by atoms with Crippen molar-refractivity contribution in [2.45, 2.75) is 25.4 Å². The van der Waals surface area contributed by atoms with Crippen molar-refractivity contribution in [1.82, 2.24) is 10.3 Å². The fraction of sp³-hybridized carbons (Fsp3) is 0.429. The van der Waals surface area contributed by atoms with Crippen LogP contribution < -0.4 is 5.32 Å². The molecule has 102 valence electrons. The lowest BCUT2D eigenvalue weighted by Crippen LogP contribution is -2.13. The van der Waals surface area contributed by atoms with Gasteiger partial charge >= 0.3 is 6.18 Å². The number of hydrogen-bond acceptors (Lipinski definition) is 1. The Balaban J connectivity index is 2.25. The number of benzene rings is 1. The van der Waals surface area contributed by atoms with E-state index in [2.05, 4.69) is 10.3 Å². The molecule has 0 aliphatic carbocycles. The Morgan fingerprint density at radius 1 is 1.26 bits per heavy atom. The van der Waals surface area contributed by atoms with E-state index in [4.69, 9.17) is 0 Å². The van der Waals surface area contributed by atoms with E-state index in [0.29, 0.717) is 23.0 Å². The quantitative estimate of drug-likeness (QED) is 0.813. The van der Waals surface area contributed by atoms with Crippen molar-refractivity contribution in [2.24, 2.45) is 0 Å². The predicted molar refractivity (Wildman–Crippen MR) is 68.3 cm³/mol. The second-order valence-electron chi connectivity index (χ2n) is 5.15. The molecule has 1 aromatic carbocycles. The van der Waals surface area contributed by atoms with E-state index in [9.17, 15) is 13.2 Å². The third-order valence-corrected chi connectivity index (χ3v) is 3.75. The van der Waals surface area contributed by atoms with Gasteiger partial charge in [-0.3, -0.25) is 0 Å². The summed E-state index contributed by atoms with van der Waals surface area (Å²) < 4.78 is 39.6. The summed E-state index contributed by atoms with van der Waals surface area (Å²) in [6.45, 7) is 3.27. The highest BCUT2D eigenvalue weighted by Crippen LogP contribution is 2.41. The van der Waals surface area contributed by atoms with Crippen molar-refractivity contribution in [3.63, 3.8) is 0 Å². The topological polar surface area (TPSA) is 27.8 Å². The molecule has 2 N–H and O–H groups in total. The maximum Gasteiger partial charge on any atom is 0.431 e. The molecule has 2 heterocycles. The van der Waals surface area contributed by atoms with Gasteiger partial charge in [-0.2, -0.15) is 13.2 Å². The van der Waals surface area contributed by atoms with Gasteiger partial charge in [0.15, 0.2) is 0 Å². The van der Waals surface area contributed by atoms with E-state index in [0.717, 1.165) is 18.5 Å². The Hall–Kier alpha value is -1.49. The lowest BCUT2D eigenvalue weighted by Gasteiger charge is -2.13. The largest absolute Gasteiger partial charge is 0.431 e. The molecule has 1 atom stereocenters. The van der Waals surface area contributed by atoms with Crippen LogP contribution in [0.15, 0.2) is 18.2 Å². The van der Waals surface area contributed by atoms with Crippen molar-refractivity contribution in [1.29, 1.82) is 0 Å². The number of fused-ring (bicyclic) bond motifs is 1. The molecule has 0 radical (unpaired) electrons. The Morgan fingerprint density at radius 3 is 2.68 bits per heavy atom. The molecule has 1 saturated heterocycles. The van der Waals surface area contributed by atoms with Gasteiger partial charge in [0.1, 0.15) is 5.69 Å². The molecule has 0 saturated carbocycles. The molecule has 0 spiro atoms. The maximum absolute atomic E-state index is 13.2. The van der Waals surface area contributed by atoms with Crippen LogP contribution in [0.3, 0.4) is 0 Å². The van der Waals surface area contributed by atoms with Gasteiger partial charge in [-0.1, -0.05) is 12.1 Å². The van der Waals surface area contributed by atoms with Crippen molar-refractivity contribution < 1.29 is 13.2 Å². The molecule has 0 bridgehead atoms. The number of aromatic amines is 1. The van der Waals surface area contributed by atoms with E-state index in [1.54, 1.807) is 12.1 Å². The van der Waals surface area contributed by atoms with E-state index in [1.807, 2.05) is 13.0 Å². The first kappa shape index (κ1) is 12.5. The number of nitrogens with one attached hydrogen (secondary N) is 2. The summed E-state index contributed by atoms with van der Waals surface area (Å²) in [5, 5.41) is 3.83. The smallest absolute Gasteiger partial charge is 0.351 e. The Bertz CT molecular complexity index is 607. The standard InChI is InChI=1S/C14H15F3N2/c1-8-2-3-10-11(6-8)19-13(14(15,16)17)12(10)9-4-5-18-7-9/h2-3,6,9,18-19H,4-5,7H2,1H3. The first-order valence-electron chi connectivity index (χ1n) is 6.37. The van der Waals surface area contributed by atoms with Crippen molar-refractivity contribution in [3.05, 3.63) is 35.0 Å². The molecule has 3 rings (SSSR count). The number of H-pyrrole nitrogens is 1. The average molecular weight is 268 g/mol. The minimum absolute atomic E-state index is 0.0620. The Morgan fingerprint density at radius 2 is 2.05 bits per heavy atom. The van der Waals surface area contributed by atoms with Gasteiger partial charge in [0.25, 0.3) is 0 Å². The highest BCUT2D eigenvalue weighted by Gasteiger charge is 2.39. The molecule has 2 nitrogen and oxygen atoms in total. The highest BCUT2D eigenvalue weighted by molar-refractivity contribution is 5.86. The fourth-order valence-corrected chi connectivity index (χ4v) is 2.88. The Kier molecular flexibility index (Phi) is 2.82. The summed E-state index contributed by atoms with van der Waals surface area (Å²) in [4.78, 5) is 2.57. The van der Waals surface area contributed by atoms with Gasteiger partial charge in [0.05, 0.1) is 0 Å². The van der Waals surface area contributed by atoms with Crippen molar-refractivity contribution in [3.8, 4) is 0 Å². The fourth-order valence-electron chi connectivity index (χ4n) is 2.88. The molecule has 0 amide bonds. The van der Waals surface area contributed by atoms with Crippen LogP contribution in [0.25, 0.3) is 10.9 Å². The summed E-state index contributed by atoms with van der Waals surface area (Å²) in [6, 6.07) is 5.43. The minimum atomic E-state index is -4.33. The molecule has 19 heavy (non-hydrogen) atoms. The minimum Gasteiger partial charge on any atom is -0.351 e. The summed E-state index contributed by atoms with van der Waals surface area (Å²) in [6.07, 6.45) is -3.57. The van der Waals surface area contributed by atoms with Crippen LogP contribution in [0.2, 0.25) is 0 Å². The van der Waals surface area contributed by atoms with Crippen LogP contribution in [0.5, 0.6) is 0 Å². The van der Waals surface area contributed by atoms with E-state index < -0.39 is 11.9 Å². The molecule has 1 aromatic heterocycles. The third-order valence-electron chi connectivity index (χ3n) is 3.75. The molecular formula is C14H15F3N2. The zero-order chi connectivity index (χ0) is 13.6. The lowest BCUT2D eigenvalue weighted by molar-refractivity contribution is -0.141. The summed E-state index contributed by atoms with van der Waals surface area (Å²) in [7, 11) is 0. The Labute approximate surface area is 109 Å². The van der Waals surface area contributed by atoms with Gasteiger partial charge in [-0.25, -0.2) is 0 Å². The van der Waals surface area contributed by atoms with Crippen molar-refractivity contribution >= 4 is 10.9 Å². The van der Waals surface area contributed by atoms with E-state index in [1.165, 1.54) is 0 Å².